The Morgan fingerprint density at radius 2 is 2.00 bits per heavy atom. The maximum Gasteiger partial charge on any atom is 0.330 e. The van der Waals surface area contributed by atoms with Gasteiger partial charge in [0.2, 0.25) is 0 Å². The molecule has 0 fully saturated rings. The van der Waals surface area contributed by atoms with E-state index in [1.165, 1.54) is 6.08 Å². The molecule has 12 heavy (non-hydrogen) atoms. The molecule has 0 spiro atoms. The lowest BCUT2D eigenvalue weighted by molar-refractivity contribution is -0.870. The third kappa shape index (κ3) is 9.17. The summed E-state index contributed by atoms with van der Waals surface area (Å²) in [5, 5.41) is 0. The fraction of sp³-hybridized carbons (Fsp3) is 0.556. The second-order valence-electron chi connectivity index (χ2n) is 3.39. The molecular formula is C9H19NO2+. The molecule has 0 saturated carbocycles. The van der Waals surface area contributed by atoms with Crippen molar-refractivity contribution in [1.82, 2.24) is 0 Å². The van der Waals surface area contributed by atoms with Crippen molar-refractivity contribution in [1.29, 1.82) is 0 Å². The van der Waals surface area contributed by atoms with Gasteiger partial charge in [0.15, 0.2) is 0 Å². The largest absolute Gasteiger partial charge is 0.457 e. The maximum atomic E-state index is 10.6. The molecule has 71 valence electrons. The zero-order valence-electron chi connectivity index (χ0n) is 8.46. The SMILES string of the molecule is C=CC(=O)OCC[N+](C)(C)C.[CH3]. The van der Waals surface area contributed by atoms with Crippen molar-refractivity contribution in [3.8, 4) is 0 Å². The van der Waals surface area contributed by atoms with Gasteiger partial charge in [-0.2, -0.15) is 0 Å². The van der Waals surface area contributed by atoms with Crippen LogP contribution in [0.5, 0.6) is 0 Å². The topological polar surface area (TPSA) is 26.3 Å². The van der Waals surface area contributed by atoms with Gasteiger partial charge in [0, 0.05) is 6.08 Å². The summed E-state index contributed by atoms with van der Waals surface area (Å²) >= 11 is 0. The van der Waals surface area contributed by atoms with Crippen LogP contribution >= 0.6 is 0 Å². The van der Waals surface area contributed by atoms with Gasteiger partial charge in [-0.15, -0.1) is 0 Å². The second kappa shape index (κ2) is 5.77. The highest BCUT2D eigenvalue weighted by Crippen LogP contribution is 1.89. The molecule has 0 aliphatic carbocycles. The lowest BCUT2D eigenvalue weighted by atomic mass is 10.5. The first kappa shape index (κ1) is 13.7. The van der Waals surface area contributed by atoms with Crippen LogP contribution in [0.4, 0.5) is 0 Å². The molecular weight excluding hydrogens is 154 g/mol. The summed E-state index contributed by atoms with van der Waals surface area (Å²) in [7, 11) is 6.13. The number of likely N-dealkylation sites (N-methyl/N-ethyl adjacent to an activating group) is 1. The van der Waals surface area contributed by atoms with E-state index in [-0.39, 0.29) is 13.4 Å². The molecule has 0 heterocycles. The molecule has 0 rings (SSSR count). The monoisotopic (exact) mass is 173 g/mol. The molecule has 0 aromatic carbocycles. The Morgan fingerprint density at radius 1 is 1.50 bits per heavy atom. The molecule has 0 bridgehead atoms. The average Bonchev–Trinajstić information content (AvgIpc) is 1.85. The highest BCUT2D eigenvalue weighted by atomic mass is 16.5. The van der Waals surface area contributed by atoms with Crippen molar-refractivity contribution in [2.24, 2.45) is 0 Å². The van der Waals surface area contributed by atoms with Crippen molar-refractivity contribution in [2.75, 3.05) is 34.3 Å². The third-order valence-corrected chi connectivity index (χ3v) is 1.17. The molecule has 0 aliphatic rings. The Labute approximate surface area is 75.2 Å². The van der Waals surface area contributed by atoms with E-state index in [9.17, 15) is 4.79 Å². The number of rotatable bonds is 4. The second-order valence-corrected chi connectivity index (χ2v) is 3.39. The van der Waals surface area contributed by atoms with Crippen LogP contribution in [-0.4, -0.2) is 44.7 Å². The van der Waals surface area contributed by atoms with Crippen LogP contribution in [0.25, 0.3) is 0 Å². The number of quaternary nitrogens is 1. The molecule has 0 amide bonds. The summed E-state index contributed by atoms with van der Waals surface area (Å²) in [4.78, 5) is 10.6. The molecule has 3 heteroatoms. The van der Waals surface area contributed by atoms with E-state index in [4.69, 9.17) is 4.74 Å². The Hall–Kier alpha value is -0.830. The number of carbonyl (C=O) groups excluding carboxylic acids is 1. The van der Waals surface area contributed by atoms with Gasteiger partial charge in [0.1, 0.15) is 13.2 Å². The standard InChI is InChI=1S/C8H16NO2.CH3/c1-5-8(10)11-7-6-9(2,3)4;/h5H,1,6-7H2,2-4H3;1H3/q+1;. The van der Waals surface area contributed by atoms with E-state index >= 15 is 0 Å². The van der Waals surface area contributed by atoms with Crippen LogP contribution in [0, 0.1) is 7.43 Å². The van der Waals surface area contributed by atoms with Crippen LogP contribution in [0.1, 0.15) is 0 Å². The van der Waals surface area contributed by atoms with E-state index in [1.54, 1.807) is 0 Å². The minimum atomic E-state index is -0.349. The molecule has 0 aromatic rings. The fourth-order valence-corrected chi connectivity index (χ4v) is 0.479. The molecule has 0 aliphatic heterocycles. The Morgan fingerprint density at radius 3 is 2.33 bits per heavy atom. The molecule has 0 aromatic heterocycles. The summed E-state index contributed by atoms with van der Waals surface area (Å²) in [6.45, 7) is 4.57. The van der Waals surface area contributed by atoms with E-state index in [2.05, 4.69) is 6.58 Å². The number of esters is 1. The van der Waals surface area contributed by atoms with Crippen LogP contribution in [0.15, 0.2) is 12.7 Å². The van der Waals surface area contributed by atoms with Crippen LogP contribution < -0.4 is 0 Å². The van der Waals surface area contributed by atoms with Crippen molar-refractivity contribution < 1.29 is 14.0 Å². The predicted octanol–water partition coefficient (Wildman–Crippen LogP) is 0.872. The van der Waals surface area contributed by atoms with Crippen molar-refractivity contribution in [2.45, 2.75) is 0 Å². The fourth-order valence-electron chi connectivity index (χ4n) is 0.479. The molecule has 0 N–H and O–H groups in total. The lowest BCUT2D eigenvalue weighted by Crippen LogP contribution is -2.37. The van der Waals surface area contributed by atoms with Gasteiger partial charge >= 0.3 is 5.97 Å². The lowest BCUT2D eigenvalue weighted by Gasteiger charge is -2.23. The number of hydrogen-bond donors (Lipinski definition) is 0. The highest BCUT2D eigenvalue weighted by molar-refractivity contribution is 5.81. The zero-order chi connectivity index (χ0) is 8.91. The number of nitrogens with zero attached hydrogens (tertiary/aromatic N) is 1. The summed E-state index contributed by atoms with van der Waals surface area (Å²) < 4.78 is 5.59. The normalized spacial score (nSPS) is 9.92. The molecule has 3 nitrogen and oxygen atoms in total. The maximum absolute atomic E-state index is 10.6. The first-order valence-electron chi connectivity index (χ1n) is 3.55. The summed E-state index contributed by atoms with van der Waals surface area (Å²) in [5.74, 6) is -0.349. The van der Waals surface area contributed by atoms with E-state index < -0.39 is 0 Å². The van der Waals surface area contributed by atoms with Crippen LogP contribution in [0.3, 0.4) is 0 Å². The summed E-state index contributed by atoms with van der Waals surface area (Å²) in [5.41, 5.74) is 0. The van der Waals surface area contributed by atoms with Gasteiger partial charge in [-0.3, -0.25) is 0 Å². The summed E-state index contributed by atoms with van der Waals surface area (Å²) in [6.07, 6.45) is 1.18. The number of ether oxygens (including phenoxy) is 1. The van der Waals surface area contributed by atoms with Gasteiger partial charge in [0.25, 0.3) is 0 Å². The Kier molecular flexibility index (Phi) is 6.61. The Bertz CT molecular complexity index is 147. The zero-order valence-corrected chi connectivity index (χ0v) is 8.46. The van der Waals surface area contributed by atoms with Crippen molar-refractivity contribution >= 4 is 5.97 Å². The minimum absolute atomic E-state index is 0. The quantitative estimate of drug-likeness (QED) is 0.358. The number of carbonyl (C=O) groups is 1. The van der Waals surface area contributed by atoms with Gasteiger partial charge in [-0.25, -0.2) is 4.79 Å². The van der Waals surface area contributed by atoms with Gasteiger partial charge in [-0.1, -0.05) is 14.0 Å². The first-order valence-corrected chi connectivity index (χ1v) is 3.55. The molecule has 1 radical (unpaired) electrons. The third-order valence-electron chi connectivity index (χ3n) is 1.17. The number of hydrogen-bond acceptors (Lipinski definition) is 2. The smallest absolute Gasteiger partial charge is 0.330 e. The van der Waals surface area contributed by atoms with Gasteiger partial charge < -0.3 is 9.22 Å². The molecule has 0 atom stereocenters. The predicted molar refractivity (Wildman–Crippen MR) is 50.5 cm³/mol. The molecule has 0 saturated heterocycles. The minimum Gasteiger partial charge on any atom is -0.457 e. The average molecular weight is 173 g/mol. The van der Waals surface area contributed by atoms with E-state index in [1.807, 2.05) is 21.1 Å². The van der Waals surface area contributed by atoms with E-state index in [0.29, 0.717) is 6.61 Å². The Balaban J connectivity index is 0. The van der Waals surface area contributed by atoms with Crippen LogP contribution in [0.2, 0.25) is 0 Å². The van der Waals surface area contributed by atoms with Crippen LogP contribution in [-0.2, 0) is 9.53 Å². The van der Waals surface area contributed by atoms with Gasteiger partial charge in [0.05, 0.1) is 21.1 Å². The van der Waals surface area contributed by atoms with Crippen molar-refractivity contribution in [3.63, 3.8) is 0 Å². The van der Waals surface area contributed by atoms with E-state index in [0.717, 1.165) is 11.0 Å². The highest BCUT2D eigenvalue weighted by Gasteiger charge is 2.06. The summed E-state index contributed by atoms with van der Waals surface area (Å²) in [6, 6.07) is 0. The first-order chi connectivity index (χ1) is 4.95. The van der Waals surface area contributed by atoms with Crippen molar-refractivity contribution in [3.05, 3.63) is 20.1 Å². The van der Waals surface area contributed by atoms with Gasteiger partial charge in [-0.05, 0) is 0 Å². The molecule has 0 unspecified atom stereocenters.